The highest BCUT2D eigenvalue weighted by atomic mass is 32.2. The standard InChI is InChI=1S/C7H9N4O2S2/c1-10-4-9-5(11(12)13)6(10)15-7-8-2-3-14-7/h4,12H,2-3H2,1H3/q-1. The molecule has 2 heterocycles. The van der Waals surface area contributed by atoms with Crippen molar-refractivity contribution in [2.45, 2.75) is 5.03 Å². The summed E-state index contributed by atoms with van der Waals surface area (Å²) in [5, 5.41) is 20.0. The molecular formula is C7H9N4O2S2-. The van der Waals surface area contributed by atoms with E-state index in [4.69, 9.17) is 5.21 Å². The van der Waals surface area contributed by atoms with Crippen LogP contribution >= 0.6 is 23.5 Å². The lowest BCUT2D eigenvalue weighted by Gasteiger charge is -2.19. The topological polar surface area (TPSA) is 76.7 Å². The zero-order valence-electron chi connectivity index (χ0n) is 7.95. The lowest BCUT2D eigenvalue weighted by atomic mass is 10.8. The molecule has 0 saturated carbocycles. The largest absolute Gasteiger partial charge is 0.732 e. The van der Waals surface area contributed by atoms with Crippen molar-refractivity contribution in [3.8, 4) is 0 Å². The van der Waals surface area contributed by atoms with Gasteiger partial charge in [-0.15, -0.1) is 0 Å². The molecule has 15 heavy (non-hydrogen) atoms. The van der Waals surface area contributed by atoms with Gasteiger partial charge in [-0.25, -0.2) is 4.98 Å². The first kappa shape index (κ1) is 10.8. The number of thioether (sulfide) groups is 2. The number of aliphatic imine (C=N–C) groups is 1. The van der Waals surface area contributed by atoms with Crippen LogP contribution in [0.2, 0.25) is 0 Å². The van der Waals surface area contributed by atoms with E-state index in [1.54, 1.807) is 23.4 Å². The van der Waals surface area contributed by atoms with E-state index < -0.39 is 0 Å². The normalized spacial score (nSPS) is 15.5. The maximum absolute atomic E-state index is 10.8. The number of aromatic nitrogens is 2. The average Bonchev–Trinajstić information content (AvgIpc) is 2.78. The molecule has 1 aromatic rings. The Morgan fingerprint density at radius 3 is 3.13 bits per heavy atom. The second-order valence-corrected chi connectivity index (χ2v) is 5.17. The predicted octanol–water partition coefficient (Wildman–Crippen LogP) is 1.31. The summed E-state index contributed by atoms with van der Waals surface area (Å²) in [7, 11) is 1.77. The Morgan fingerprint density at radius 2 is 2.53 bits per heavy atom. The molecule has 2 rings (SSSR count). The molecule has 0 fully saturated rings. The van der Waals surface area contributed by atoms with E-state index >= 15 is 0 Å². The van der Waals surface area contributed by atoms with Crippen molar-refractivity contribution in [2.24, 2.45) is 12.0 Å². The molecule has 82 valence electrons. The van der Waals surface area contributed by atoms with Gasteiger partial charge in [0.15, 0.2) is 5.82 Å². The average molecular weight is 245 g/mol. The van der Waals surface area contributed by atoms with Crippen LogP contribution in [0.25, 0.3) is 0 Å². The third-order valence-electron chi connectivity index (χ3n) is 1.79. The predicted molar refractivity (Wildman–Crippen MR) is 61.5 cm³/mol. The van der Waals surface area contributed by atoms with E-state index in [2.05, 4.69) is 9.98 Å². The molecule has 0 spiro atoms. The highest BCUT2D eigenvalue weighted by Crippen LogP contribution is 2.33. The summed E-state index contributed by atoms with van der Waals surface area (Å²) in [6.45, 7) is 0.806. The molecule has 0 aromatic carbocycles. The van der Waals surface area contributed by atoms with Crippen LogP contribution in [0, 0.1) is 5.21 Å². The number of anilines is 1. The number of rotatable bonds is 2. The van der Waals surface area contributed by atoms with Gasteiger partial charge in [-0.05, 0) is 11.8 Å². The summed E-state index contributed by atoms with van der Waals surface area (Å²) in [5.41, 5.74) is 0. The molecule has 1 aliphatic heterocycles. The van der Waals surface area contributed by atoms with Crippen molar-refractivity contribution in [3.63, 3.8) is 0 Å². The number of nitrogens with zero attached hydrogens (tertiary/aromatic N) is 4. The maximum Gasteiger partial charge on any atom is 0.174 e. The van der Waals surface area contributed by atoms with Crippen LogP contribution in [0.1, 0.15) is 0 Å². The molecule has 8 heteroatoms. The molecular weight excluding hydrogens is 236 g/mol. The zero-order valence-corrected chi connectivity index (χ0v) is 9.59. The second-order valence-electron chi connectivity index (χ2n) is 2.86. The number of imidazole rings is 1. The molecule has 0 bridgehead atoms. The van der Waals surface area contributed by atoms with Crippen molar-refractivity contribution >= 4 is 33.7 Å². The van der Waals surface area contributed by atoms with Crippen molar-refractivity contribution < 1.29 is 5.21 Å². The minimum atomic E-state index is -0.220. The monoisotopic (exact) mass is 245 g/mol. The lowest BCUT2D eigenvalue weighted by molar-refractivity contribution is 0.291. The van der Waals surface area contributed by atoms with Crippen molar-refractivity contribution in [3.05, 3.63) is 11.5 Å². The fourth-order valence-corrected chi connectivity index (χ4v) is 3.11. The van der Waals surface area contributed by atoms with Crippen LogP contribution in [0.4, 0.5) is 5.82 Å². The van der Waals surface area contributed by atoms with Gasteiger partial charge >= 0.3 is 0 Å². The Kier molecular flexibility index (Phi) is 3.19. The summed E-state index contributed by atoms with van der Waals surface area (Å²) in [5.74, 6) is 0.980. The summed E-state index contributed by atoms with van der Waals surface area (Å²) >= 11 is 2.99. The van der Waals surface area contributed by atoms with Crippen molar-refractivity contribution in [2.75, 3.05) is 17.5 Å². The van der Waals surface area contributed by atoms with E-state index in [9.17, 15) is 5.21 Å². The Bertz CT molecular complexity index is 390. The summed E-state index contributed by atoms with van der Waals surface area (Å²) in [6.07, 6.45) is 1.49. The van der Waals surface area contributed by atoms with Crippen LogP contribution in [0.15, 0.2) is 16.3 Å². The Hall–Kier alpha value is -0.700. The van der Waals surface area contributed by atoms with Gasteiger partial charge in [0.1, 0.15) is 9.40 Å². The number of hydrogen-bond donors (Lipinski definition) is 1. The van der Waals surface area contributed by atoms with Crippen molar-refractivity contribution in [1.82, 2.24) is 9.55 Å². The first-order chi connectivity index (χ1) is 7.18. The molecule has 1 N–H and O–H groups in total. The van der Waals surface area contributed by atoms with Gasteiger partial charge in [-0.2, -0.15) is 0 Å². The van der Waals surface area contributed by atoms with Crippen molar-refractivity contribution in [1.29, 1.82) is 0 Å². The second kappa shape index (κ2) is 4.44. The fraction of sp³-hybridized carbons (Fsp3) is 0.429. The smallest absolute Gasteiger partial charge is 0.174 e. The Labute approximate surface area is 94.9 Å². The summed E-state index contributed by atoms with van der Waals surface area (Å²) in [6, 6.07) is 0. The van der Waals surface area contributed by atoms with Gasteiger partial charge in [-0.1, -0.05) is 11.8 Å². The Morgan fingerprint density at radius 1 is 1.73 bits per heavy atom. The number of hydrogen-bond acceptors (Lipinski definition) is 7. The van der Waals surface area contributed by atoms with E-state index in [-0.39, 0.29) is 11.0 Å². The highest BCUT2D eigenvalue weighted by molar-refractivity contribution is 8.39. The molecule has 0 atom stereocenters. The van der Waals surface area contributed by atoms with Crippen LogP contribution in [0.3, 0.4) is 0 Å². The van der Waals surface area contributed by atoms with Gasteiger partial charge in [-0.3, -0.25) is 10.2 Å². The third-order valence-corrected chi connectivity index (χ3v) is 4.12. The van der Waals surface area contributed by atoms with Crippen LogP contribution in [0.5, 0.6) is 0 Å². The van der Waals surface area contributed by atoms with E-state index in [0.29, 0.717) is 5.03 Å². The van der Waals surface area contributed by atoms with Crippen LogP contribution < -0.4 is 5.23 Å². The molecule has 0 radical (unpaired) electrons. The SMILES string of the molecule is Cn1cnc(N([O-])O)c1SC1=NCCS1. The van der Waals surface area contributed by atoms with Crippen LogP contribution in [-0.2, 0) is 7.05 Å². The molecule has 0 aliphatic carbocycles. The molecule has 0 amide bonds. The fourth-order valence-electron chi connectivity index (χ4n) is 1.12. The zero-order chi connectivity index (χ0) is 10.8. The highest BCUT2D eigenvalue weighted by Gasteiger charge is 2.16. The minimum absolute atomic E-state index is 0.0118. The first-order valence-electron chi connectivity index (χ1n) is 4.21. The van der Waals surface area contributed by atoms with E-state index in [1.807, 2.05) is 0 Å². The summed E-state index contributed by atoms with van der Waals surface area (Å²) in [4.78, 5) is 8.05. The molecule has 1 aromatic heterocycles. The van der Waals surface area contributed by atoms with Gasteiger partial charge in [0.2, 0.25) is 0 Å². The van der Waals surface area contributed by atoms with E-state index in [0.717, 1.165) is 16.7 Å². The lowest BCUT2D eigenvalue weighted by Crippen LogP contribution is -2.09. The summed E-state index contributed by atoms with van der Waals surface area (Å²) < 4.78 is 2.59. The van der Waals surface area contributed by atoms with Gasteiger partial charge in [0.25, 0.3) is 0 Å². The molecule has 0 saturated heterocycles. The Balaban J connectivity index is 2.22. The maximum atomic E-state index is 10.8. The van der Waals surface area contributed by atoms with Gasteiger partial charge < -0.3 is 15.0 Å². The quantitative estimate of drug-likeness (QED) is 0.792. The van der Waals surface area contributed by atoms with E-state index in [1.165, 1.54) is 18.1 Å². The molecule has 1 aliphatic rings. The first-order valence-corrected chi connectivity index (χ1v) is 6.01. The van der Waals surface area contributed by atoms with Gasteiger partial charge in [0, 0.05) is 12.8 Å². The van der Waals surface area contributed by atoms with Crippen LogP contribution in [-0.4, -0.2) is 31.4 Å². The van der Waals surface area contributed by atoms with Gasteiger partial charge in [0.05, 0.1) is 12.9 Å². The minimum Gasteiger partial charge on any atom is -0.732 e. The molecule has 0 unspecified atom stereocenters. The number of aryl methyl sites for hydroxylation is 1. The molecule has 6 nitrogen and oxygen atoms in total. The third kappa shape index (κ3) is 2.28.